The van der Waals surface area contributed by atoms with E-state index in [4.69, 9.17) is 4.74 Å². The van der Waals surface area contributed by atoms with Crippen LogP contribution in [0.4, 0.5) is 10.5 Å². The summed E-state index contributed by atoms with van der Waals surface area (Å²) < 4.78 is 5.12. The number of carbonyl (C=O) groups is 2. The Kier molecular flexibility index (Phi) is 9.36. The quantitative estimate of drug-likeness (QED) is 0.372. The molecule has 5 N–H and O–H groups in total. The number of hydrogen-bond donors (Lipinski definition) is 5. The lowest BCUT2D eigenvalue weighted by molar-refractivity contribution is -0.117. The van der Waals surface area contributed by atoms with Gasteiger partial charge in [-0.25, -0.2) is 4.79 Å². The molecule has 0 aliphatic carbocycles. The summed E-state index contributed by atoms with van der Waals surface area (Å²) in [6.07, 6.45) is 0.652. The van der Waals surface area contributed by atoms with E-state index in [2.05, 4.69) is 16.0 Å². The van der Waals surface area contributed by atoms with Crippen LogP contribution in [0.1, 0.15) is 25.8 Å². The van der Waals surface area contributed by atoms with Gasteiger partial charge in [0.1, 0.15) is 11.8 Å². The van der Waals surface area contributed by atoms with Crippen LogP contribution in [0.2, 0.25) is 0 Å². The van der Waals surface area contributed by atoms with E-state index in [1.165, 1.54) is 0 Å². The predicted molar refractivity (Wildman–Crippen MR) is 121 cm³/mol. The van der Waals surface area contributed by atoms with Crippen LogP contribution in [0, 0.1) is 5.92 Å². The third-order valence-electron chi connectivity index (χ3n) is 4.66. The van der Waals surface area contributed by atoms with Gasteiger partial charge in [-0.1, -0.05) is 44.2 Å². The molecule has 0 radical (unpaired) electrons. The molecule has 166 valence electrons. The number of hydrogen-bond acceptors (Lipinski definition) is 5. The molecule has 2 aromatic carbocycles. The van der Waals surface area contributed by atoms with Gasteiger partial charge in [-0.15, -0.1) is 0 Å². The van der Waals surface area contributed by atoms with Gasteiger partial charge >= 0.3 is 13.1 Å². The predicted octanol–water partition coefficient (Wildman–Crippen LogP) is 1.97. The molecular formula is C22H30BN3O5. The molecule has 3 amide bonds. The van der Waals surface area contributed by atoms with Gasteiger partial charge in [0.25, 0.3) is 0 Å². The molecule has 0 heterocycles. The van der Waals surface area contributed by atoms with Crippen molar-refractivity contribution in [3.05, 3.63) is 60.2 Å². The van der Waals surface area contributed by atoms with E-state index in [-0.39, 0.29) is 12.3 Å². The van der Waals surface area contributed by atoms with Gasteiger partial charge in [0.15, 0.2) is 0 Å². The van der Waals surface area contributed by atoms with Crippen LogP contribution in [0.15, 0.2) is 54.6 Å². The Bertz CT molecular complexity index is 831. The molecule has 8 nitrogen and oxygen atoms in total. The van der Waals surface area contributed by atoms with Gasteiger partial charge in [-0.2, -0.15) is 0 Å². The minimum atomic E-state index is -1.70. The highest BCUT2D eigenvalue weighted by Gasteiger charge is 2.28. The fraction of sp³-hybridized carbons (Fsp3) is 0.364. The lowest BCUT2D eigenvalue weighted by Gasteiger charge is -2.23. The summed E-state index contributed by atoms with van der Waals surface area (Å²) in [5, 5.41) is 27.1. The normalized spacial score (nSPS) is 12.6. The summed E-state index contributed by atoms with van der Waals surface area (Å²) in [6, 6.07) is 14.7. The van der Waals surface area contributed by atoms with Crippen molar-refractivity contribution in [3.8, 4) is 5.75 Å². The molecule has 0 saturated heterocycles. The van der Waals surface area contributed by atoms with Crippen LogP contribution in [0.25, 0.3) is 0 Å². The standard InChI is InChI=1S/C22H30BN3O5/c1-15(2)13-20(23(29)30)26-22(28)25-19(14-16-7-5-4-6-8-16)21(27)24-17-9-11-18(31-3)12-10-17/h4-12,15,19-20,29-30H,13-14H2,1-3H3,(H,24,27)(H2,25,26,28)/t19-,20-/m0/s1. The van der Waals surface area contributed by atoms with Gasteiger partial charge in [0.05, 0.1) is 13.1 Å². The van der Waals surface area contributed by atoms with Crippen LogP contribution < -0.4 is 20.7 Å². The molecule has 31 heavy (non-hydrogen) atoms. The molecule has 2 rings (SSSR count). The van der Waals surface area contributed by atoms with Crippen LogP contribution in [0.5, 0.6) is 5.75 Å². The summed E-state index contributed by atoms with van der Waals surface area (Å²) >= 11 is 0. The number of methoxy groups -OCH3 is 1. The fourth-order valence-corrected chi connectivity index (χ4v) is 3.09. The highest BCUT2D eigenvalue weighted by molar-refractivity contribution is 6.43. The van der Waals surface area contributed by atoms with Crippen LogP contribution >= 0.6 is 0 Å². The Morgan fingerprint density at radius 1 is 1.00 bits per heavy atom. The second kappa shape index (κ2) is 12.0. The lowest BCUT2D eigenvalue weighted by atomic mass is 9.75. The average molecular weight is 427 g/mol. The van der Waals surface area contributed by atoms with E-state index < -0.39 is 31.0 Å². The van der Waals surface area contributed by atoms with Crippen molar-refractivity contribution in [2.45, 2.75) is 38.7 Å². The van der Waals surface area contributed by atoms with Crippen molar-refractivity contribution in [3.63, 3.8) is 0 Å². The van der Waals surface area contributed by atoms with Crippen LogP contribution in [0.3, 0.4) is 0 Å². The second-order valence-electron chi connectivity index (χ2n) is 7.73. The number of ether oxygens (including phenoxy) is 1. The van der Waals surface area contributed by atoms with Crippen LogP contribution in [-0.2, 0) is 11.2 Å². The molecule has 2 aromatic rings. The zero-order chi connectivity index (χ0) is 22.8. The van der Waals surface area contributed by atoms with Gasteiger partial charge < -0.3 is 30.7 Å². The summed E-state index contributed by atoms with van der Waals surface area (Å²) in [6.45, 7) is 3.82. The van der Waals surface area contributed by atoms with Crippen molar-refractivity contribution >= 4 is 24.7 Å². The Hall–Kier alpha value is -3.04. The van der Waals surface area contributed by atoms with E-state index in [1.807, 2.05) is 44.2 Å². The maximum Gasteiger partial charge on any atom is 0.475 e. The fourth-order valence-electron chi connectivity index (χ4n) is 3.09. The first kappa shape index (κ1) is 24.2. The molecule has 0 aliphatic rings. The minimum Gasteiger partial charge on any atom is -0.497 e. The summed E-state index contributed by atoms with van der Waals surface area (Å²) in [4.78, 5) is 25.5. The summed E-state index contributed by atoms with van der Waals surface area (Å²) in [5.41, 5.74) is 1.44. The molecule has 0 saturated carbocycles. The maximum absolute atomic E-state index is 12.9. The zero-order valence-corrected chi connectivity index (χ0v) is 18.0. The molecular weight excluding hydrogens is 397 g/mol. The number of carbonyl (C=O) groups excluding carboxylic acids is 2. The molecule has 0 fully saturated rings. The summed E-state index contributed by atoms with van der Waals surface area (Å²) in [5.74, 6) is -0.433. The topological polar surface area (TPSA) is 120 Å². The SMILES string of the molecule is COc1ccc(NC(=O)[C@H](Cc2ccccc2)NC(=O)N[C@@H](CC(C)C)B(O)O)cc1. The number of rotatable bonds is 10. The van der Waals surface area contributed by atoms with E-state index in [0.29, 0.717) is 17.9 Å². The monoisotopic (exact) mass is 427 g/mol. The van der Waals surface area contributed by atoms with Crippen molar-refractivity contribution in [1.82, 2.24) is 10.6 Å². The Morgan fingerprint density at radius 3 is 2.19 bits per heavy atom. The molecule has 0 bridgehead atoms. The number of anilines is 1. The largest absolute Gasteiger partial charge is 0.497 e. The highest BCUT2D eigenvalue weighted by Crippen LogP contribution is 2.16. The van der Waals surface area contributed by atoms with E-state index in [0.717, 1.165) is 5.56 Å². The average Bonchev–Trinajstić information content (AvgIpc) is 2.73. The molecule has 0 spiro atoms. The van der Waals surface area contributed by atoms with Crippen molar-refractivity contribution < 1.29 is 24.4 Å². The first-order valence-electron chi connectivity index (χ1n) is 10.2. The number of urea groups is 1. The van der Waals surface area contributed by atoms with E-state index >= 15 is 0 Å². The number of benzene rings is 2. The van der Waals surface area contributed by atoms with Crippen LogP contribution in [-0.4, -0.2) is 48.2 Å². The maximum atomic E-state index is 12.9. The zero-order valence-electron chi connectivity index (χ0n) is 18.0. The first-order chi connectivity index (χ1) is 14.8. The van der Waals surface area contributed by atoms with Gasteiger partial charge in [0, 0.05) is 12.1 Å². The third kappa shape index (κ3) is 8.31. The van der Waals surface area contributed by atoms with Crippen molar-refractivity contribution in [1.29, 1.82) is 0 Å². The number of amides is 3. The molecule has 0 unspecified atom stereocenters. The number of nitrogens with one attached hydrogen (secondary N) is 3. The smallest absolute Gasteiger partial charge is 0.475 e. The van der Waals surface area contributed by atoms with Gasteiger partial charge in [-0.05, 0) is 42.2 Å². The molecule has 9 heteroatoms. The Labute approximate surface area is 183 Å². The minimum absolute atomic E-state index is 0.144. The Balaban J connectivity index is 2.11. The molecule has 0 aliphatic heterocycles. The third-order valence-corrected chi connectivity index (χ3v) is 4.66. The van der Waals surface area contributed by atoms with Crippen molar-refractivity contribution in [2.24, 2.45) is 5.92 Å². The lowest BCUT2D eigenvalue weighted by Crippen LogP contribution is -2.55. The second-order valence-corrected chi connectivity index (χ2v) is 7.73. The van der Waals surface area contributed by atoms with Gasteiger partial charge in [-0.3, -0.25) is 4.79 Å². The Morgan fingerprint density at radius 2 is 1.65 bits per heavy atom. The summed E-state index contributed by atoms with van der Waals surface area (Å²) in [7, 11) is -0.143. The molecule has 0 aromatic heterocycles. The van der Waals surface area contributed by atoms with Crippen molar-refractivity contribution in [2.75, 3.05) is 12.4 Å². The van der Waals surface area contributed by atoms with E-state index in [1.54, 1.807) is 31.4 Å². The van der Waals surface area contributed by atoms with Gasteiger partial charge in [0.2, 0.25) is 5.91 Å². The van der Waals surface area contributed by atoms with E-state index in [9.17, 15) is 19.6 Å². The highest BCUT2D eigenvalue weighted by atomic mass is 16.5. The first-order valence-corrected chi connectivity index (χ1v) is 10.2. The molecule has 2 atom stereocenters.